The molecule has 154 valence electrons. The quantitative estimate of drug-likeness (QED) is 0.796. The third kappa shape index (κ3) is 4.52. The molecule has 1 aromatic rings. The molecule has 3 rings (SSSR count). The van der Waals surface area contributed by atoms with Crippen molar-refractivity contribution in [2.75, 3.05) is 24.7 Å². The third-order valence-electron chi connectivity index (χ3n) is 4.73. The number of hydrogen-bond acceptors (Lipinski definition) is 5. The van der Waals surface area contributed by atoms with E-state index >= 15 is 0 Å². The van der Waals surface area contributed by atoms with Crippen LogP contribution in [0.15, 0.2) is 29.2 Å². The normalized spacial score (nSPS) is 21.1. The van der Waals surface area contributed by atoms with Crippen molar-refractivity contribution in [1.29, 1.82) is 0 Å². The van der Waals surface area contributed by atoms with Crippen molar-refractivity contribution < 1.29 is 18.0 Å². The van der Waals surface area contributed by atoms with E-state index in [-0.39, 0.29) is 27.8 Å². The second kappa shape index (κ2) is 8.04. The fraction of sp³-hybridized carbons (Fsp3) is 0.579. The fourth-order valence-electron chi connectivity index (χ4n) is 3.35. The van der Waals surface area contributed by atoms with Crippen LogP contribution in [0.5, 0.6) is 0 Å². The Kier molecular flexibility index (Phi) is 6.07. The maximum atomic E-state index is 13.1. The van der Waals surface area contributed by atoms with Crippen LogP contribution in [0.4, 0.5) is 0 Å². The zero-order valence-corrected chi connectivity index (χ0v) is 18.1. The molecule has 9 heteroatoms. The zero-order chi connectivity index (χ0) is 20.5. The topological polar surface area (TPSA) is 86.8 Å². The van der Waals surface area contributed by atoms with Gasteiger partial charge in [0.15, 0.2) is 0 Å². The van der Waals surface area contributed by atoms with Crippen molar-refractivity contribution in [3.8, 4) is 0 Å². The molecule has 1 aromatic carbocycles. The van der Waals surface area contributed by atoms with Crippen molar-refractivity contribution in [3.05, 3.63) is 29.8 Å². The molecule has 2 saturated heterocycles. The Labute approximate surface area is 170 Å². The van der Waals surface area contributed by atoms with Crippen LogP contribution < -0.4 is 5.32 Å². The molecule has 0 radical (unpaired) electrons. The Balaban J connectivity index is 1.81. The van der Waals surface area contributed by atoms with Crippen LogP contribution >= 0.6 is 11.8 Å². The summed E-state index contributed by atoms with van der Waals surface area (Å²) >= 11 is 1.52. The Morgan fingerprint density at radius 2 is 1.86 bits per heavy atom. The number of carbonyl (C=O) groups is 2. The number of carbonyl (C=O) groups excluding carboxylic acids is 2. The molecular formula is C19H27N3O4S2. The average molecular weight is 426 g/mol. The van der Waals surface area contributed by atoms with Crippen molar-refractivity contribution >= 4 is 33.6 Å². The summed E-state index contributed by atoms with van der Waals surface area (Å²) in [5.41, 5.74) is -0.0979. The highest BCUT2D eigenvalue weighted by Crippen LogP contribution is 2.26. The minimum Gasteiger partial charge on any atom is -0.350 e. The lowest BCUT2D eigenvalue weighted by Crippen LogP contribution is -2.52. The molecular weight excluding hydrogens is 398 g/mol. The molecule has 2 fully saturated rings. The molecule has 7 nitrogen and oxygen atoms in total. The summed E-state index contributed by atoms with van der Waals surface area (Å²) < 4.78 is 27.0. The number of benzene rings is 1. The first-order valence-corrected chi connectivity index (χ1v) is 12.0. The van der Waals surface area contributed by atoms with Gasteiger partial charge in [-0.1, -0.05) is 6.07 Å². The van der Waals surface area contributed by atoms with Crippen LogP contribution in [0.25, 0.3) is 0 Å². The van der Waals surface area contributed by atoms with E-state index in [1.807, 2.05) is 20.8 Å². The molecule has 0 spiro atoms. The molecule has 0 bridgehead atoms. The number of sulfonamides is 1. The van der Waals surface area contributed by atoms with Gasteiger partial charge in [0.05, 0.1) is 10.8 Å². The van der Waals surface area contributed by atoms with E-state index in [4.69, 9.17) is 0 Å². The number of amides is 2. The van der Waals surface area contributed by atoms with Gasteiger partial charge in [0.2, 0.25) is 15.9 Å². The zero-order valence-electron chi connectivity index (χ0n) is 16.5. The van der Waals surface area contributed by atoms with Crippen LogP contribution in [0, 0.1) is 0 Å². The van der Waals surface area contributed by atoms with E-state index in [0.717, 1.165) is 12.8 Å². The molecule has 1 unspecified atom stereocenters. The van der Waals surface area contributed by atoms with Crippen LogP contribution in [0.1, 0.15) is 44.0 Å². The summed E-state index contributed by atoms with van der Waals surface area (Å²) in [6.45, 7) is 6.71. The smallest absolute Gasteiger partial charge is 0.255 e. The van der Waals surface area contributed by atoms with E-state index in [0.29, 0.717) is 24.7 Å². The molecule has 1 atom stereocenters. The van der Waals surface area contributed by atoms with Crippen LogP contribution in [-0.2, 0) is 14.8 Å². The van der Waals surface area contributed by atoms with Gasteiger partial charge in [-0.25, -0.2) is 8.42 Å². The van der Waals surface area contributed by atoms with E-state index in [2.05, 4.69) is 5.32 Å². The van der Waals surface area contributed by atoms with Gasteiger partial charge >= 0.3 is 0 Å². The monoisotopic (exact) mass is 425 g/mol. The van der Waals surface area contributed by atoms with Crippen LogP contribution in [0.2, 0.25) is 0 Å². The Bertz CT molecular complexity index is 858. The maximum absolute atomic E-state index is 13.1. The Hall–Kier alpha value is -1.58. The van der Waals surface area contributed by atoms with Crippen LogP contribution in [-0.4, -0.2) is 65.7 Å². The van der Waals surface area contributed by atoms with Gasteiger partial charge in [0.25, 0.3) is 5.91 Å². The first kappa shape index (κ1) is 21.1. The number of thioether (sulfide) groups is 1. The first-order chi connectivity index (χ1) is 13.1. The third-order valence-corrected chi connectivity index (χ3v) is 7.63. The molecule has 0 saturated carbocycles. The van der Waals surface area contributed by atoms with E-state index in [1.54, 1.807) is 12.1 Å². The van der Waals surface area contributed by atoms with Crippen molar-refractivity contribution in [1.82, 2.24) is 14.5 Å². The van der Waals surface area contributed by atoms with Crippen molar-refractivity contribution in [2.45, 2.75) is 50.1 Å². The fourth-order valence-corrected chi connectivity index (χ4v) is 6.06. The second-order valence-electron chi connectivity index (χ2n) is 8.17. The largest absolute Gasteiger partial charge is 0.350 e. The van der Waals surface area contributed by atoms with E-state index < -0.39 is 16.1 Å². The molecule has 1 N–H and O–H groups in total. The van der Waals surface area contributed by atoms with Gasteiger partial charge in [-0.3, -0.25) is 9.59 Å². The first-order valence-electron chi connectivity index (χ1n) is 9.40. The van der Waals surface area contributed by atoms with E-state index in [9.17, 15) is 18.0 Å². The second-order valence-corrected chi connectivity index (χ2v) is 11.1. The minimum absolute atomic E-state index is 0.128. The molecule has 2 amide bonds. The lowest BCUT2D eigenvalue weighted by atomic mass is 10.1. The summed E-state index contributed by atoms with van der Waals surface area (Å²) in [6.07, 6.45) is 1.71. The van der Waals surface area contributed by atoms with Crippen molar-refractivity contribution in [3.63, 3.8) is 0 Å². The van der Waals surface area contributed by atoms with Crippen LogP contribution in [0.3, 0.4) is 0 Å². The van der Waals surface area contributed by atoms with Gasteiger partial charge < -0.3 is 10.2 Å². The Morgan fingerprint density at radius 3 is 2.50 bits per heavy atom. The standard InChI is InChI=1S/C19H27N3O4S2/c1-19(2,3)20-17(23)16-12-27-13-22(16)18(24)14-7-6-8-15(11-14)28(25,26)21-9-4-5-10-21/h6-8,11,16H,4-5,9-10,12-13H2,1-3H3,(H,20,23). The molecule has 0 aromatic heterocycles. The minimum atomic E-state index is -3.59. The van der Waals surface area contributed by atoms with E-state index in [1.165, 1.54) is 33.1 Å². The highest BCUT2D eigenvalue weighted by atomic mass is 32.2. The number of hydrogen-bond donors (Lipinski definition) is 1. The SMILES string of the molecule is CC(C)(C)NC(=O)C1CSCN1C(=O)c1cccc(S(=O)(=O)N2CCCC2)c1. The van der Waals surface area contributed by atoms with Gasteiger partial charge in [0.1, 0.15) is 6.04 Å². The summed E-state index contributed by atoms with van der Waals surface area (Å²) in [4.78, 5) is 27.3. The molecule has 2 aliphatic heterocycles. The lowest BCUT2D eigenvalue weighted by molar-refractivity contribution is -0.125. The molecule has 0 aliphatic carbocycles. The lowest BCUT2D eigenvalue weighted by Gasteiger charge is -2.28. The maximum Gasteiger partial charge on any atom is 0.255 e. The van der Waals surface area contributed by atoms with Gasteiger partial charge in [-0.05, 0) is 51.8 Å². The Morgan fingerprint density at radius 1 is 1.18 bits per heavy atom. The predicted molar refractivity (Wildman–Crippen MR) is 110 cm³/mol. The summed E-state index contributed by atoms with van der Waals surface area (Å²) in [5.74, 6) is 0.424. The molecule has 28 heavy (non-hydrogen) atoms. The number of rotatable bonds is 4. The van der Waals surface area contributed by atoms with Gasteiger partial charge in [-0.2, -0.15) is 4.31 Å². The molecule has 2 aliphatic rings. The van der Waals surface area contributed by atoms with Crippen molar-refractivity contribution in [2.24, 2.45) is 0 Å². The predicted octanol–water partition coefficient (Wildman–Crippen LogP) is 1.90. The summed E-state index contributed by atoms with van der Waals surface area (Å²) in [6, 6.07) is 5.58. The highest BCUT2D eigenvalue weighted by Gasteiger charge is 2.37. The number of nitrogens with one attached hydrogen (secondary N) is 1. The highest BCUT2D eigenvalue weighted by molar-refractivity contribution is 7.99. The number of nitrogens with zero attached hydrogens (tertiary/aromatic N) is 2. The average Bonchev–Trinajstić information content (AvgIpc) is 3.31. The van der Waals surface area contributed by atoms with Gasteiger partial charge in [-0.15, -0.1) is 11.8 Å². The summed E-state index contributed by atoms with van der Waals surface area (Å²) in [7, 11) is -3.59. The molecule has 2 heterocycles. The summed E-state index contributed by atoms with van der Waals surface area (Å²) in [5, 5.41) is 2.92. The van der Waals surface area contributed by atoms with Gasteiger partial charge in [0, 0.05) is 29.9 Å².